The van der Waals surface area contributed by atoms with Crippen molar-refractivity contribution < 1.29 is 4.79 Å². The molecular weight excluding hydrogens is 306 g/mol. The van der Waals surface area contributed by atoms with Gasteiger partial charge in [0.05, 0.1) is 6.04 Å². The largest absolute Gasteiger partial charge is 0.399 e. The normalized spacial score (nSPS) is 11.9. The predicted octanol–water partition coefficient (Wildman–Crippen LogP) is 2.92. The van der Waals surface area contributed by atoms with Gasteiger partial charge in [0.1, 0.15) is 0 Å². The molecule has 0 aliphatic carbocycles. The summed E-state index contributed by atoms with van der Waals surface area (Å²) in [5.74, 6) is -0.155. The number of nitrogens with one attached hydrogen (secondary N) is 1. The number of halogens is 1. The summed E-state index contributed by atoms with van der Waals surface area (Å²) in [6.45, 7) is 1.93. The molecule has 1 atom stereocenters. The first-order chi connectivity index (χ1) is 9.06. The molecule has 0 fully saturated rings. The molecule has 1 aromatic carbocycles. The van der Waals surface area contributed by atoms with Crippen LogP contribution in [-0.4, -0.2) is 10.9 Å². The maximum atomic E-state index is 12.1. The second-order valence-electron chi connectivity index (χ2n) is 4.25. The number of benzene rings is 1. The minimum absolute atomic E-state index is 0.0873. The third-order valence-electron chi connectivity index (χ3n) is 2.74. The van der Waals surface area contributed by atoms with Crippen LogP contribution in [0, 0.1) is 0 Å². The molecule has 4 nitrogen and oxygen atoms in total. The maximum Gasteiger partial charge on any atom is 0.251 e. The van der Waals surface area contributed by atoms with Gasteiger partial charge in [-0.15, -0.1) is 0 Å². The van der Waals surface area contributed by atoms with E-state index in [1.807, 2.05) is 19.1 Å². The molecule has 0 saturated carbocycles. The standard InChI is InChI=1S/C14H14BrN3O/c1-9(10-2-4-17-5-3-10)18-14(19)11-6-12(15)8-13(16)7-11/h2-9H,16H2,1H3,(H,18,19). The fourth-order valence-corrected chi connectivity index (χ4v) is 2.27. The Morgan fingerprint density at radius 3 is 2.63 bits per heavy atom. The topological polar surface area (TPSA) is 68.0 Å². The van der Waals surface area contributed by atoms with Gasteiger partial charge in [-0.25, -0.2) is 0 Å². The van der Waals surface area contributed by atoms with Gasteiger partial charge in [-0.2, -0.15) is 0 Å². The van der Waals surface area contributed by atoms with E-state index >= 15 is 0 Å². The summed E-state index contributed by atoms with van der Waals surface area (Å²) >= 11 is 3.32. The van der Waals surface area contributed by atoms with Crippen LogP contribution < -0.4 is 11.1 Å². The summed E-state index contributed by atoms with van der Waals surface area (Å²) in [5.41, 5.74) is 7.81. The number of nitrogens with two attached hydrogens (primary N) is 1. The second kappa shape index (κ2) is 5.84. The molecule has 98 valence electrons. The summed E-state index contributed by atoms with van der Waals surface area (Å²) in [6.07, 6.45) is 3.41. The van der Waals surface area contributed by atoms with E-state index in [-0.39, 0.29) is 11.9 Å². The molecule has 3 N–H and O–H groups in total. The zero-order chi connectivity index (χ0) is 13.8. The average Bonchev–Trinajstić information content (AvgIpc) is 2.38. The first-order valence-corrected chi connectivity index (χ1v) is 6.62. The van der Waals surface area contributed by atoms with Crippen molar-refractivity contribution in [1.82, 2.24) is 10.3 Å². The van der Waals surface area contributed by atoms with Crippen LogP contribution in [-0.2, 0) is 0 Å². The third-order valence-corrected chi connectivity index (χ3v) is 3.19. The Morgan fingerprint density at radius 1 is 1.32 bits per heavy atom. The Balaban J connectivity index is 2.13. The van der Waals surface area contributed by atoms with E-state index in [1.54, 1.807) is 30.6 Å². The molecule has 2 rings (SSSR count). The minimum atomic E-state index is -0.155. The number of nitrogen functional groups attached to an aromatic ring is 1. The highest BCUT2D eigenvalue weighted by Crippen LogP contribution is 2.18. The van der Waals surface area contributed by atoms with Crippen LogP contribution >= 0.6 is 15.9 Å². The van der Waals surface area contributed by atoms with Crippen molar-refractivity contribution in [2.45, 2.75) is 13.0 Å². The molecule has 0 spiro atoms. The molecule has 0 aliphatic heterocycles. The number of hydrogen-bond acceptors (Lipinski definition) is 3. The Morgan fingerprint density at radius 2 is 2.00 bits per heavy atom. The van der Waals surface area contributed by atoms with E-state index in [0.717, 1.165) is 10.0 Å². The lowest BCUT2D eigenvalue weighted by molar-refractivity contribution is 0.0940. The molecule has 0 bridgehead atoms. The lowest BCUT2D eigenvalue weighted by atomic mass is 10.1. The smallest absolute Gasteiger partial charge is 0.251 e. The van der Waals surface area contributed by atoms with Crippen LogP contribution in [0.25, 0.3) is 0 Å². The number of anilines is 1. The fourth-order valence-electron chi connectivity index (χ4n) is 1.76. The van der Waals surface area contributed by atoms with Crippen molar-refractivity contribution in [3.8, 4) is 0 Å². The fraction of sp³-hybridized carbons (Fsp3) is 0.143. The lowest BCUT2D eigenvalue weighted by Gasteiger charge is -2.14. The molecule has 0 radical (unpaired) electrons. The van der Waals surface area contributed by atoms with Crippen LogP contribution in [0.3, 0.4) is 0 Å². The highest BCUT2D eigenvalue weighted by Gasteiger charge is 2.12. The van der Waals surface area contributed by atoms with Crippen molar-refractivity contribution in [3.63, 3.8) is 0 Å². The van der Waals surface area contributed by atoms with Gasteiger partial charge >= 0.3 is 0 Å². The van der Waals surface area contributed by atoms with Gasteiger partial charge in [0, 0.05) is 28.1 Å². The van der Waals surface area contributed by atoms with Crippen LogP contribution in [0.2, 0.25) is 0 Å². The van der Waals surface area contributed by atoms with E-state index in [2.05, 4.69) is 26.2 Å². The molecule has 5 heteroatoms. The quantitative estimate of drug-likeness (QED) is 0.855. The molecule has 0 aliphatic rings. The van der Waals surface area contributed by atoms with Gasteiger partial charge in [0.25, 0.3) is 5.91 Å². The van der Waals surface area contributed by atoms with Crippen molar-refractivity contribution in [3.05, 3.63) is 58.3 Å². The molecule has 19 heavy (non-hydrogen) atoms. The number of pyridine rings is 1. The number of nitrogens with zero attached hydrogens (tertiary/aromatic N) is 1. The minimum Gasteiger partial charge on any atom is -0.399 e. The second-order valence-corrected chi connectivity index (χ2v) is 5.16. The Kier molecular flexibility index (Phi) is 4.16. The van der Waals surface area contributed by atoms with Crippen LogP contribution in [0.15, 0.2) is 47.2 Å². The Labute approximate surface area is 120 Å². The first kappa shape index (κ1) is 13.5. The zero-order valence-corrected chi connectivity index (χ0v) is 12.0. The van der Waals surface area contributed by atoms with Crippen LogP contribution in [0.5, 0.6) is 0 Å². The van der Waals surface area contributed by atoms with E-state index in [9.17, 15) is 4.79 Å². The van der Waals surface area contributed by atoms with E-state index in [4.69, 9.17) is 5.73 Å². The Bertz CT molecular complexity index is 566. The molecule has 1 amide bonds. The maximum absolute atomic E-state index is 12.1. The van der Waals surface area contributed by atoms with E-state index in [1.165, 1.54) is 0 Å². The van der Waals surface area contributed by atoms with Crippen molar-refractivity contribution in [2.24, 2.45) is 0 Å². The summed E-state index contributed by atoms with van der Waals surface area (Å²) < 4.78 is 0.786. The first-order valence-electron chi connectivity index (χ1n) is 5.83. The van der Waals surface area contributed by atoms with Crippen LogP contribution in [0.4, 0.5) is 5.69 Å². The summed E-state index contributed by atoms with van der Waals surface area (Å²) in [5, 5.41) is 2.92. The van der Waals surface area contributed by atoms with Crippen molar-refractivity contribution >= 4 is 27.5 Å². The molecule has 1 heterocycles. The van der Waals surface area contributed by atoms with Gasteiger partial charge in [0.15, 0.2) is 0 Å². The number of carbonyl (C=O) groups excluding carboxylic acids is 1. The van der Waals surface area contributed by atoms with Gasteiger partial charge in [-0.1, -0.05) is 15.9 Å². The zero-order valence-electron chi connectivity index (χ0n) is 10.4. The SMILES string of the molecule is CC(NC(=O)c1cc(N)cc(Br)c1)c1ccncc1. The Hall–Kier alpha value is -1.88. The summed E-state index contributed by atoms with van der Waals surface area (Å²) in [4.78, 5) is 16.1. The number of hydrogen-bond donors (Lipinski definition) is 2. The average molecular weight is 320 g/mol. The number of amides is 1. The molecule has 2 aromatic rings. The van der Waals surface area contributed by atoms with Gasteiger partial charge < -0.3 is 11.1 Å². The van der Waals surface area contributed by atoms with Crippen molar-refractivity contribution in [2.75, 3.05) is 5.73 Å². The van der Waals surface area contributed by atoms with Gasteiger partial charge in [-0.3, -0.25) is 9.78 Å². The van der Waals surface area contributed by atoms with Crippen molar-refractivity contribution in [1.29, 1.82) is 0 Å². The van der Waals surface area contributed by atoms with Gasteiger partial charge in [0.2, 0.25) is 0 Å². The van der Waals surface area contributed by atoms with Crippen LogP contribution in [0.1, 0.15) is 28.9 Å². The molecule has 1 unspecified atom stereocenters. The summed E-state index contributed by atoms with van der Waals surface area (Å²) in [7, 11) is 0. The lowest BCUT2D eigenvalue weighted by Crippen LogP contribution is -2.26. The third kappa shape index (κ3) is 3.54. The van der Waals surface area contributed by atoms with Gasteiger partial charge in [-0.05, 0) is 42.8 Å². The number of carbonyl (C=O) groups is 1. The molecule has 1 aromatic heterocycles. The monoisotopic (exact) mass is 319 g/mol. The number of aromatic nitrogens is 1. The van der Waals surface area contributed by atoms with E-state index in [0.29, 0.717) is 11.3 Å². The highest BCUT2D eigenvalue weighted by atomic mass is 79.9. The summed E-state index contributed by atoms with van der Waals surface area (Å²) in [6, 6.07) is 8.81. The highest BCUT2D eigenvalue weighted by molar-refractivity contribution is 9.10. The molecular formula is C14H14BrN3O. The molecule has 0 saturated heterocycles. The van der Waals surface area contributed by atoms with E-state index < -0.39 is 0 Å². The number of rotatable bonds is 3. The predicted molar refractivity (Wildman–Crippen MR) is 78.7 cm³/mol.